The molecule has 1 aliphatic carbocycles. The minimum atomic E-state index is -4.27. The number of aromatic nitrogens is 2. The lowest BCUT2D eigenvalue weighted by Gasteiger charge is -2.41. The fourth-order valence-corrected chi connectivity index (χ4v) is 6.41. The Morgan fingerprint density at radius 1 is 1.06 bits per heavy atom. The molecule has 0 spiro atoms. The largest absolute Gasteiger partial charge is 0.391 e. The van der Waals surface area contributed by atoms with E-state index in [4.69, 9.17) is 23.2 Å². The number of carbonyl (C=O) groups is 2. The van der Waals surface area contributed by atoms with Crippen LogP contribution in [0.3, 0.4) is 0 Å². The van der Waals surface area contributed by atoms with Crippen LogP contribution < -0.4 is 20.9 Å². The summed E-state index contributed by atoms with van der Waals surface area (Å²) in [5.74, 6) is -1.73. The summed E-state index contributed by atoms with van der Waals surface area (Å²) in [5, 5.41) is 9.46. The van der Waals surface area contributed by atoms with E-state index >= 15 is 0 Å². The normalized spacial score (nSPS) is 19.0. The van der Waals surface area contributed by atoms with Gasteiger partial charge in [0, 0.05) is 38.1 Å². The van der Waals surface area contributed by atoms with Gasteiger partial charge in [0.05, 0.1) is 50.0 Å². The summed E-state index contributed by atoms with van der Waals surface area (Å²) in [6.45, 7) is 2.84. The third-order valence-corrected chi connectivity index (χ3v) is 9.53. The standard InChI is InChI=1S/C32H37Cl2F5N6O3/c1-31(2,3)28(47)40-13-16-5-10-21(33)26(25(16)34)43-30-42-22-11-20(27(46)41-18-8-6-17(7-9-18)32(37,38)39)23(12-24(22)44(30)4)45-14-19(15-45)48-29(35)36/h5,10-12,17-19,29H,6-9,13-15H2,1-4H3,(H,40,47)(H,41,46)(H,42,43)/t17-,18-. The summed E-state index contributed by atoms with van der Waals surface area (Å²) in [6, 6.07) is 6.18. The van der Waals surface area contributed by atoms with Crippen LogP contribution in [-0.2, 0) is 23.1 Å². The highest BCUT2D eigenvalue weighted by molar-refractivity contribution is 6.39. The Kier molecular flexibility index (Phi) is 10.4. The summed E-state index contributed by atoms with van der Waals surface area (Å²) in [7, 11) is 1.73. The maximum Gasteiger partial charge on any atom is 0.391 e. The number of ether oxygens (including phenoxy) is 1. The predicted molar refractivity (Wildman–Crippen MR) is 174 cm³/mol. The molecule has 1 saturated carbocycles. The van der Waals surface area contributed by atoms with Crippen LogP contribution in [0.2, 0.25) is 10.0 Å². The number of carbonyl (C=O) groups excluding carboxylic acids is 2. The first-order chi connectivity index (χ1) is 22.4. The molecule has 0 atom stereocenters. The van der Waals surface area contributed by atoms with E-state index in [2.05, 4.69) is 25.7 Å². The van der Waals surface area contributed by atoms with Crippen molar-refractivity contribution in [1.82, 2.24) is 20.2 Å². The molecule has 2 fully saturated rings. The molecule has 16 heteroatoms. The third kappa shape index (κ3) is 7.92. The zero-order valence-electron chi connectivity index (χ0n) is 26.8. The molecule has 48 heavy (non-hydrogen) atoms. The Hall–Kier alpha value is -3.36. The summed E-state index contributed by atoms with van der Waals surface area (Å²) in [6.07, 6.45) is -4.81. The predicted octanol–water partition coefficient (Wildman–Crippen LogP) is 7.56. The van der Waals surface area contributed by atoms with Gasteiger partial charge in [0.15, 0.2) is 0 Å². The number of rotatable bonds is 9. The zero-order chi connectivity index (χ0) is 35.1. The van der Waals surface area contributed by atoms with Crippen molar-refractivity contribution in [1.29, 1.82) is 0 Å². The van der Waals surface area contributed by atoms with Gasteiger partial charge in [-0.1, -0.05) is 50.0 Å². The smallest absolute Gasteiger partial charge is 0.365 e. The minimum absolute atomic E-state index is 0.0797. The molecule has 262 valence electrons. The number of halogens is 7. The number of amides is 2. The first kappa shape index (κ1) is 35.9. The molecule has 1 aliphatic heterocycles. The Morgan fingerprint density at radius 3 is 2.33 bits per heavy atom. The van der Waals surface area contributed by atoms with Gasteiger partial charge in [0.2, 0.25) is 11.9 Å². The summed E-state index contributed by atoms with van der Waals surface area (Å²) < 4.78 is 71.5. The van der Waals surface area contributed by atoms with E-state index in [0.29, 0.717) is 38.9 Å². The number of hydrogen-bond donors (Lipinski definition) is 3. The zero-order valence-corrected chi connectivity index (χ0v) is 28.3. The number of anilines is 3. The molecular formula is C32H37Cl2F5N6O3. The van der Waals surface area contributed by atoms with Gasteiger partial charge >= 0.3 is 12.8 Å². The van der Waals surface area contributed by atoms with Crippen LogP contribution >= 0.6 is 23.2 Å². The Bertz CT molecular complexity index is 1680. The molecule has 1 saturated heterocycles. The number of nitrogens with one attached hydrogen (secondary N) is 3. The molecular weight excluding hydrogens is 682 g/mol. The number of aryl methyl sites for hydroxylation is 1. The SMILES string of the molecule is Cn1c(Nc2c(Cl)ccc(CNC(=O)C(C)(C)C)c2Cl)nc2cc(C(=O)N[C@H]3CC[C@H](C(F)(F)F)CC3)c(N3CC(OC(F)F)C3)cc21. The lowest BCUT2D eigenvalue weighted by atomic mass is 9.85. The van der Waals surface area contributed by atoms with Crippen LogP contribution in [0.1, 0.15) is 62.4 Å². The highest BCUT2D eigenvalue weighted by atomic mass is 35.5. The van der Waals surface area contributed by atoms with Crippen LogP contribution in [0, 0.1) is 11.3 Å². The Morgan fingerprint density at radius 2 is 1.73 bits per heavy atom. The third-order valence-electron chi connectivity index (χ3n) is 8.78. The second-order valence-corrected chi connectivity index (χ2v) is 14.1. The van der Waals surface area contributed by atoms with E-state index in [9.17, 15) is 31.5 Å². The summed E-state index contributed by atoms with van der Waals surface area (Å²) >= 11 is 13.2. The molecule has 2 heterocycles. The second kappa shape index (κ2) is 13.9. The maximum absolute atomic E-state index is 13.6. The van der Waals surface area contributed by atoms with Crippen molar-refractivity contribution in [3.63, 3.8) is 0 Å². The van der Waals surface area contributed by atoms with Crippen molar-refractivity contribution >= 4 is 63.4 Å². The van der Waals surface area contributed by atoms with Gasteiger partial charge in [-0.3, -0.25) is 9.59 Å². The summed E-state index contributed by atoms with van der Waals surface area (Å²) in [5.41, 5.74) is 2.02. The first-order valence-corrected chi connectivity index (χ1v) is 16.3. The highest BCUT2D eigenvalue weighted by Crippen LogP contribution is 2.39. The van der Waals surface area contributed by atoms with E-state index in [-0.39, 0.29) is 61.8 Å². The molecule has 0 unspecified atom stereocenters. The van der Waals surface area contributed by atoms with Crippen molar-refractivity contribution in [2.24, 2.45) is 18.4 Å². The van der Waals surface area contributed by atoms with E-state index in [1.165, 1.54) is 0 Å². The number of fused-ring (bicyclic) bond motifs is 1. The van der Waals surface area contributed by atoms with Gasteiger partial charge in [-0.15, -0.1) is 0 Å². The number of alkyl halides is 5. The highest BCUT2D eigenvalue weighted by Gasteiger charge is 2.42. The van der Waals surface area contributed by atoms with Gasteiger partial charge in [-0.25, -0.2) is 4.98 Å². The van der Waals surface area contributed by atoms with Crippen LogP contribution in [-0.4, -0.2) is 59.4 Å². The molecule has 2 amide bonds. The van der Waals surface area contributed by atoms with E-state index in [1.807, 2.05) is 0 Å². The fraction of sp³-hybridized carbons (Fsp3) is 0.531. The van der Waals surface area contributed by atoms with Crippen LogP contribution in [0.4, 0.5) is 39.3 Å². The lowest BCUT2D eigenvalue weighted by Crippen LogP contribution is -2.53. The molecule has 9 nitrogen and oxygen atoms in total. The average Bonchev–Trinajstić information content (AvgIpc) is 3.28. The maximum atomic E-state index is 13.6. The lowest BCUT2D eigenvalue weighted by molar-refractivity contribution is -0.182. The number of imidazole rings is 1. The molecule has 2 aliphatic rings. The van der Waals surface area contributed by atoms with Crippen LogP contribution in [0.5, 0.6) is 0 Å². The molecule has 0 radical (unpaired) electrons. The average molecular weight is 720 g/mol. The molecule has 1 aromatic heterocycles. The van der Waals surface area contributed by atoms with Crippen molar-refractivity contribution in [3.8, 4) is 0 Å². The molecule has 2 aromatic carbocycles. The monoisotopic (exact) mass is 718 g/mol. The number of nitrogens with zero attached hydrogens (tertiary/aromatic N) is 3. The quantitative estimate of drug-likeness (QED) is 0.198. The van der Waals surface area contributed by atoms with Crippen molar-refractivity contribution in [3.05, 3.63) is 45.4 Å². The van der Waals surface area contributed by atoms with Crippen LogP contribution in [0.25, 0.3) is 11.0 Å². The van der Waals surface area contributed by atoms with Gasteiger partial charge in [0.25, 0.3) is 5.91 Å². The Labute approximate surface area is 284 Å². The van der Waals surface area contributed by atoms with Gasteiger partial charge in [0.1, 0.15) is 0 Å². The second-order valence-electron chi connectivity index (χ2n) is 13.3. The number of hydrogen-bond acceptors (Lipinski definition) is 6. The minimum Gasteiger partial charge on any atom is -0.365 e. The van der Waals surface area contributed by atoms with E-state index in [0.717, 1.165) is 0 Å². The van der Waals surface area contributed by atoms with E-state index < -0.39 is 42.2 Å². The molecule has 0 bridgehead atoms. The van der Waals surface area contributed by atoms with Crippen molar-refractivity contribution in [2.75, 3.05) is 23.3 Å². The molecule has 5 rings (SSSR count). The molecule has 3 N–H and O–H groups in total. The van der Waals surface area contributed by atoms with Gasteiger partial charge in [-0.05, 0) is 49.4 Å². The Balaban J connectivity index is 1.42. The van der Waals surface area contributed by atoms with Gasteiger partial charge in [-0.2, -0.15) is 22.0 Å². The fourth-order valence-electron chi connectivity index (χ4n) is 5.88. The van der Waals surface area contributed by atoms with Gasteiger partial charge < -0.3 is 30.2 Å². The van der Waals surface area contributed by atoms with E-state index in [1.54, 1.807) is 61.6 Å². The summed E-state index contributed by atoms with van der Waals surface area (Å²) in [4.78, 5) is 32.4. The van der Waals surface area contributed by atoms with Crippen molar-refractivity contribution < 1.29 is 36.3 Å². The van der Waals surface area contributed by atoms with Crippen molar-refractivity contribution in [2.45, 2.75) is 77.9 Å². The first-order valence-electron chi connectivity index (χ1n) is 15.5. The number of benzene rings is 2. The van der Waals surface area contributed by atoms with Crippen LogP contribution in [0.15, 0.2) is 24.3 Å². The molecule has 3 aromatic rings. The topological polar surface area (TPSA) is 101 Å².